The van der Waals surface area contributed by atoms with Gasteiger partial charge >= 0.3 is 0 Å². The van der Waals surface area contributed by atoms with Crippen molar-refractivity contribution in [3.63, 3.8) is 0 Å². The third-order valence-electron chi connectivity index (χ3n) is 4.40. The summed E-state index contributed by atoms with van der Waals surface area (Å²) >= 11 is 0. The fraction of sp³-hybridized carbons (Fsp3) is 0.905. The van der Waals surface area contributed by atoms with Gasteiger partial charge < -0.3 is 25.4 Å². The summed E-state index contributed by atoms with van der Waals surface area (Å²) in [6, 6.07) is 0. The molecule has 29 heavy (non-hydrogen) atoms. The number of carbonyl (C=O) groups is 2. The molecule has 1 rings (SSSR count). The molecule has 0 aromatic rings. The van der Waals surface area contributed by atoms with Gasteiger partial charge in [0.25, 0.3) is 0 Å². The summed E-state index contributed by atoms with van der Waals surface area (Å²) in [4.78, 5) is 28.3. The third kappa shape index (κ3) is 14.4. The van der Waals surface area contributed by atoms with E-state index in [1.165, 1.54) is 6.42 Å². The van der Waals surface area contributed by atoms with Crippen molar-refractivity contribution in [2.75, 3.05) is 72.2 Å². The van der Waals surface area contributed by atoms with Gasteiger partial charge in [0, 0.05) is 48.0 Å². The van der Waals surface area contributed by atoms with Crippen molar-refractivity contribution < 1.29 is 21.9 Å². The summed E-state index contributed by atoms with van der Waals surface area (Å²) in [6.07, 6.45) is 3.21. The molecule has 0 aliphatic carbocycles. The van der Waals surface area contributed by atoms with Crippen LogP contribution in [-0.4, -0.2) is 93.9 Å². The van der Waals surface area contributed by atoms with Gasteiger partial charge in [-0.25, -0.2) is 0 Å². The maximum Gasteiger partial charge on any atom is 0.234 e. The molecule has 1 atom stereocenters. The monoisotopic (exact) mass is 420 g/mol. The van der Waals surface area contributed by atoms with Gasteiger partial charge in [0.15, 0.2) is 0 Å². The number of rotatable bonds is 13. The SMILES string of the molecule is CCC.CCCC(C)C(=O)N1CCN(CC(=O)NCCOCCOCCN)CC1.[HH].[HH]. The molecule has 0 aromatic carbocycles. The number of nitrogens with zero attached hydrogens (tertiary/aromatic N) is 2. The number of hydrogen-bond donors (Lipinski definition) is 2. The lowest BCUT2D eigenvalue weighted by Gasteiger charge is -2.35. The van der Waals surface area contributed by atoms with Crippen LogP contribution in [0.15, 0.2) is 0 Å². The van der Waals surface area contributed by atoms with Gasteiger partial charge in [-0.1, -0.05) is 40.5 Å². The Morgan fingerprint density at radius 3 is 2.17 bits per heavy atom. The molecule has 0 radical (unpaired) electrons. The van der Waals surface area contributed by atoms with Crippen LogP contribution in [0.2, 0.25) is 0 Å². The van der Waals surface area contributed by atoms with Gasteiger partial charge in [0.05, 0.1) is 33.0 Å². The Balaban J connectivity index is -0.00000148. The van der Waals surface area contributed by atoms with Gasteiger partial charge in [-0.3, -0.25) is 14.5 Å². The Labute approximate surface area is 180 Å². The molecule has 0 aromatic heterocycles. The van der Waals surface area contributed by atoms with Gasteiger partial charge in [0.2, 0.25) is 11.8 Å². The number of amides is 2. The largest absolute Gasteiger partial charge is 0.378 e. The van der Waals surface area contributed by atoms with Gasteiger partial charge in [-0.05, 0) is 6.42 Å². The first-order chi connectivity index (χ1) is 14.0. The van der Waals surface area contributed by atoms with Gasteiger partial charge in [-0.2, -0.15) is 0 Å². The van der Waals surface area contributed by atoms with Crippen LogP contribution in [-0.2, 0) is 19.1 Å². The molecule has 1 aliphatic heterocycles. The summed E-state index contributed by atoms with van der Waals surface area (Å²) in [5.41, 5.74) is 5.31. The quantitative estimate of drug-likeness (QED) is 0.439. The maximum absolute atomic E-state index is 12.3. The molecule has 3 N–H and O–H groups in total. The number of piperazine rings is 1. The second-order valence-electron chi connectivity index (χ2n) is 7.36. The highest BCUT2D eigenvalue weighted by Gasteiger charge is 2.25. The zero-order chi connectivity index (χ0) is 21.9. The lowest BCUT2D eigenvalue weighted by Crippen LogP contribution is -2.52. The minimum atomic E-state index is -0.00731. The van der Waals surface area contributed by atoms with Crippen LogP contribution in [0.3, 0.4) is 0 Å². The smallest absolute Gasteiger partial charge is 0.234 e. The zero-order valence-corrected chi connectivity index (χ0v) is 19.1. The molecule has 0 saturated carbocycles. The average molecular weight is 421 g/mol. The molecule has 1 fully saturated rings. The normalized spacial score (nSPS) is 15.4. The number of ether oxygens (including phenoxy) is 2. The number of nitrogens with two attached hydrogens (primary N) is 1. The minimum absolute atomic E-state index is 0. The highest BCUT2D eigenvalue weighted by atomic mass is 16.5. The summed E-state index contributed by atoms with van der Waals surface area (Å²) in [5, 5.41) is 2.85. The van der Waals surface area contributed by atoms with Crippen LogP contribution in [0, 0.1) is 5.92 Å². The van der Waals surface area contributed by atoms with E-state index in [1.807, 2.05) is 11.8 Å². The summed E-state index contributed by atoms with van der Waals surface area (Å²) in [5.74, 6) is 0.325. The topological polar surface area (TPSA) is 97.1 Å². The molecule has 8 nitrogen and oxygen atoms in total. The first-order valence-electron chi connectivity index (χ1n) is 11.1. The average Bonchev–Trinajstić information content (AvgIpc) is 2.71. The number of nitrogens with one attached hydrogen (secondary N) is 1. The molecule has 0 bridgehead atoms. The Kier molecular flexibility index (Phi) is 18.0. The van der Waals surface area contributed by atoms with Crippen LogP contribution in [0.4, 0.5) is 0 Å². The second-order valence-corrected chi connectivity index (χ2v) is 7.36. The Bertz CT molecular complexity index is 426. The lowest BCUT2D eigenvalue weighted by molar-refractivity contribution is -0.137. The van der Waals surface area contributed by atoms with Gasteiger partial charge in [0.1, 0.15) is 0 Å². The minimum Gasteiger partial charge on any atom is -0.378 e. The molecule has 1 aliphatic rings. The molecule has 176 valence electrons. The predicted octanol–water partition coefficient (Wildman–Crippen LogP) is 1.58. The van der Waals surface area contributed by atoms with Crippen LogP contribution >= 0.6 is 0 Å². The highest BCUT2D eigenvalue weighted by Crippen LogP contribution is 2.12. The molecular weight excluding hydrogens is 372 g/mol. The van der Waals surface area contributed by atoms with Crippen molar-refractivity contribution in [2.45, 2.75) is 47.0 Å². The Morgan fingerprint density at radius 2 is 1.62 bits per heavy atom. The van der Waals surface area contributed by atoms with E-state index in [2.05, 4.69) is 31.0 Å². The van der Waals surface area contributed by atoms with Gasteiger partial charge in [-0.15, -0.1) is 0 Å². The molecule has 8 heteroatoms. The number of hydrogen-bond acceptors (Lipinski definition) is 6. The predicted molar refractivity (Wildman–Crippen MR) is 121 cm³/mol. The van der Waals surface area contributed by atoms with Crippen molar-refractivity contribution in [3.05, 3.63) is 0 Å². The molecule has 2 amide bonds. The lowest BCUT2D eigenvalue weighted by atomic mass is 10.0. The maximum atomic E-state index is 12.3. The fourth-order valence-corrected chi connectivity index (χ4v) is 2.92. The number of carbonyl (C=O) groups excluding carboxylic acids is 2. The zero-order valence-electron chi connectivity index (χ0n) is 19.1. The van der Waals surface area contributed by atoms with E-state index in [0.717, 1.165) is 25.9 Å². The first-order valence-corrected chi connectivity index (χ1v) is 11.1. The van der Waals surface area contributed by atoms with Crippen molar-refractivity contribution in [2.24, 2.45) is 11.7 Å². The fourth-order valence-electron chi connectivity index (χ4n) is 2.92. The standard InChI is InChI=1S/C18H36N4O4.C3H8.2H2/c1-3-4-16(2)18(24)22-9-7-21(8-10-22)15-17(23)20-6-12-26-14-13-25-11-5-19;1-3-2;;/h16H,3-15,19H2,1-2H3,(H,20,23);3H2,1-2H3;2*1H. The molecule has 1 saturated heterocycles. The highest BCUT2D eigenvalue weighted by molar-refractivity contribution is 5.79. The first kappa shape index (κ1) is 27.8. The van der Waals surface area contributed by atoms with Crippen LogP contribution < -0.4 is 11.1 Å². The van der Waals surface area contributed by atoms with Crippen LogP contribution in [0.5, 0.6) is 0 Å². The summed E-state index contributed by atoms with van der Waals surface area (Å²) in [6.45, 7) is 14.6. The van der Waals surface area contributed by atoms with E-state index in [1.54, 1.807) is 0 Å². The van der Waals surface area contributed by atoms with E-state index in [4.69, 9.17) is 15.2 Å². The Hall–Kier alpha value is -1.22. The summed E-state index contributed by atoms with van der Waals surface area (Å²) < 4.78 is 10.6. The van der Waals surface area contributed by atoms with Crippen molar-refractivity contribution in [1.82, 2.24) is 15.1 Å². The molecule has 1 heterocycles. The van der Waals surface area contributed by atoms with E-state index < -0.39 is 0 Å². The molecule has 0 spiro atoms. The van der Waals surface area contributed by atoms with Crippen molar-refractivity contribution >= 4 is 11.8 Å². The van der Waals surface area contributed by atoms with E-state index in [0.29, 0.717) is 59.2 Å². The van der Waals surface area contributed by atoms with Crippen molar-refractivity contribution in [1.29, 1.82) is 0 Å². The van der Waals surface area contributed by atoms with Crippen molar-refractivity contribution in [3.8, 4) is 0 Å². The third-order valence-corrected chi connectivity index (χ3v) is 4.40. The second kappa shape index (κ2) is 18.8. The molecule has 1 unspecified atom stereocenters. The van der Waals surface area contributed by atoms with E-state index in [-0.39, 0.29) is 20.6 Å². The molecular formula is C21H48N4O4. The van der Waals surface area contributed by atoms with Crippen LogP contribution in [0.1, 0.15) is 49.8 Å². The summed E-state index contributed by atoms with van der Waals surface area (Å²) in [7, 11) is 0. The van der Waals surface area contributed by atoms with E-state index >= 15 is 0 Å². The van der Waals surface area contributed by atoms with E-state index in [9.17, 15) is 9.59 Å². The van der Waals surface area contributed by atoms with Crippen LogP contribution in [0.25, 0.3) is 0 Å². The Morgan fingerprint density at radius 1 is 1.03 bits per heavy atom.